The van der Waals surface area contributed by atoms with Gasteiger partial charge in [-0.25, -0.2) is 0 Å². The van der Waals surface area contributed by atoms with Crippen molar-refractivity contribution in [1.29, 1.82) is 0 Å². The number of rotatable bonds is 6. The second-order valence-corrected chi connectivity index (χ2v) is 4.21. The highest BCUT2D eigenvalue weighted by Gasteiger charge is 2.07. The Morgan fingerprint density at radius 1 is 1.19 bits per heavy atom. The fourth-order valence-corrected chi connectivity index (χ4v) is 1.85. The van der Waals surface area contributed by atoms with Crippen LogP contribution < -0.4 is 14.8 Å². The van der Waals surface area contributed by atoms with Gasteiger partial charge in [-0.05, 0) is 30.3 Å². The highest BCUT2D eigenvalue weighted by atomic mass is 16.5. The van der Waals surface area contributed by atoms with Crippen molar-refractivity contribution in [1.82, 2.24) is 5.32 Å². The Labute approximate surface area is 123 Å². The van der Waals surface area contributed by atoms with Crippen LogP contribution in [-0.4, -0.2) is 20.1 Å². The maximum atomic E-state index is 11.8. The third-order valence-corrected chi connectivity index (χ3v) is 2.88. The molecule has 0 unspecified atom stereocenters. The van der Waals surface area contributed by atoms with Crippen LogP contribution in [0.1, 0.15) is 11.3 Å². The SMILES string of the molecule is COc1cccc(OC)c1/C=C/C(=O)NCc1ccco1. The summed E-state index contributed by atoms with van der Waals surface area (Å²) in [7, 11) is 3.15. The Morgan fingerprint density at radius 2 is 1.90 bits per heavy atom. The fourth-order valence-electron chi connectivity index (χ4n) is 1.85. The van der Waals surface area contributed by atoms with Crippen LogP contribution in [0.5, 0.6) is 11.5 Å². The number of benzene rings is 1. The lowest BCUT2D eigenvalue weighted by Crippen LogP contribution is -2.19. The van der Waals surface area contributed by atoms with E-state index in [4.69, 9.17) is 13.9 Å². The lowest BCUT2D eigenvalue weighted by molar-refractivity contribution is -0.116. The Hall–Kier alpha value is -2.69. The number of amides is 1. The lowest BCUT2D eigenvalue weighted by Gasteiger charge is -2.09. The molecule has 1 N–H and O–H groups in total. The van der Waals surface area contributed by atoms with E-state index in [-0.39, 0.29) is 5.91 Å². The van der Waals surface area contributed by atoms with E-state index >= 15 is 0 Å². The van der Waals surface area contributed by atoms with Gasteiger partial charge < -0.3 is 19.2 Å². The third kappa shape index (κ3) is 3.89. The van der Waals surface area contributed by atoms with E-state index in [0.29, 0.717) is 23.8 Å². The number of furan rings is 1. The van der Waals surface area contributed by atoms with Crippen LogP contribution >= 0.6 is 0 Å². The summed E-state index contributed by atoms with van der Waals surface area (Å²) < 4.78 is 15.7. The molecule has 5 heteroatoms. The van der Waals surface area contributed by atoms with Gasteiger partial charge in [0.1, 0.15) is 17.3 Å². The molecule has 21 heavy (non-hydrogen) atoms. The van der Waals surface area contributed by atoms with E-state index in [1.807, 2.05) is 18.2 Å². The first kappa shape index (κ1) is 14.7. The van der Waals surface area contributed by atoms with Crippen molar-refractivity contribution >= 4 is 12.0 Å². The van der Waals surface area contributed by atoms with Crippen molar-refractivity contribution in [2.75, 3.05) is 14.2 Å². The van der Waals surface area contributed by atoms with Gasteiger partial charge in [0.05, 0.1) is 32.6 Å². The van der Waals surface area contributed by atoms with E-state index in [1.165, 1.54) is 6.08 Å². The van der Waals surface area contributed by atoms with Crippen LogP contribution in [0.25, 0.3) is 6.08 Å². The van der Waals surface area contributed by atoms with Gasteiger partial charge in [-0.15, -0.1) is 0 Å². The number of carbonyl (C=O) groups excluding carboxylic acids is 1. The monoisotopic (exact) mass is 287 g/mol. The van der Waals surface area contributed by atoms with Crippen molar-refractivity contribution in [3.63, 3.8) is 0 Å². The first-order chi connectivity index (χ1) is 10.2. The smallest absolute Gasteiger partial charge is 0.244 e. The van der Waals surface area contributed by atoms with Gasteiger partial charge in [0.25, 0.3) is 0 Å². The van der Waals surface area contributed by atoms with Gasteiger partial charge in [-0.1, -0.05) is 6.07 Å². The predicted octanol–water partition coefficient (Wildman–Crippen LogP) is 2.63. The molecule has 0 aliphatic carbocycles. The molecule has 0 spiro atoms. The van der Waals surface area contributed by atoms with Gasteiger partial charge in [0.15, 0.2) is 0 Å². The summed E-state index contributed by atoms with van der Waals surface area (Å²) in [5.41, 5.74) is 0.718. The largest absolute Gasteiger partial charge is 0.496 e. The Balaban J connectivity index is 2.04. The molecule has 0 aliphatic heterocycles. The zero-order chi connectivity index (χ0) is 15.1. The van der Waals surface area contributed by atoms with Crippen molar-refractivity contribution < 1.29 is 18.7 Å². The van der Waals surface area contributed by atoms with Gasteiger partial charge in [-0.2, -0.15) is 0 Å². The summed E-state index contributed by atoms with van der Waals surface area (Å²) in [6.07, 6.45) is 4.66. The highest BCUT2D eigenvalue weighted by Crippen LogP contribution is 2.29. The van der Waals surface area contributed by atoms with Gasteiger partial charge >= 0.3 is 0 Å². The quantitative estimate of drug-likeness (QED) is 0.830. The number of hydrogen-bond donors (Lipinski definition) is 1. The Bertz CT molecular complexity index is 595. The van der Waals surface area contributed by atoms with Gasteiger partial charge in [-0.3, -0.25) is 4.79 Å². The zero-order valence-electron chi connectivity index (χ0n) is 12.0. The fraction of sp³-hybridized carbons (Fsp3) is 0.188. The summed E-state index contributed by atoms with van der Waals surface area (Å²) in [6, 6.07) is 9.02. The maximum absolute atomic E-state index is 11.8. The topological polar surface area (TPSA) is 60.7 Å². The van der Waals surface area contributed by atoms with E-state index in [0.717, 1.165) is 5.56 Å². The maximum Gasteiger partial charge on any atom is 0.244 e. The molecule has 0 radical (unpaired) electrons. The molecule has 0 saturated heterocycles. The summed E-state index contributed by atoms with van der Waals surface area (Å²) in [5, 5.41) is 2.73. The van der Waals surface area contributed by atoms with Crippen molar-refractivity contribution in [2.45, 2.75) is 6.54 Å². The first-order valence-corrected chi connectivity index (χ1v) is 6.44. The number of hydrogen-bond acceptors (Lipinski definition) is 4. The van der Waals surface area contributed by atoms with Crippen LogP contribution in [-0.2, 0) is 11.3 Å². The summed E-state index contributed by atoms with van der Waals surface area (Å²) in [4.78, 5) is 11.8. The second-order valence-electron chi connectivity index (χ2n) is 4.21. The normalized spacial score (nSPS) is 10.6. The molecular formula is C16H17NO4. The van der Waals surface area contributed by atoms with E-state index in [2.05, 4.69) is 5.32 Å². The molecule has 5 nitrogen and oxygen atoms in total. The highest BCUT2D eigenvalue weighted by molar-refractivity contribution is 5.92. The summed E-state index contributed by atoms with van der Waals surface area (Å²) in [6.45, 7) is 0.346. The van der Waals surface area contributed by atoms with E-state index in [9.17, 15) is 4.79 Å². The van der Waals surface area contributed by atoms with Gasteiger partial charge in [0.2, 0.25) is 5.91 Å². The molecule has 0 fully saturated rings. The molecule has 1 heterocycles. The number of ether oxygens (including phenoxy) is 2. The predicted molar refractivity (Wildman–Crippen MR) is 79.1 cm³/mol. The van der Waals surface area contributed by atoms with E-state index in [1.54, 1.807) is 38.7 Å². The van der Waals surface area contributed by atoms with Crippen LogP contribution in [0.2, 0.25) is 0 Å². The molecule has 2 rings (SSSR count). The van der Waals surface area contributed by atoms with E-state index < -0.39 is 0 Å². The Kier molecular flexibility index (Phi) is 5.04. The molecule has 1 aromatic heterocycles. The van der Waals surface area contributed by atoms with Gasteiger partial charge in [0, 0.05) is 6.08 Å². The molecule has 0 bridgehead atoms. The molecule has 0 atom stereocenters. The molecule has 0 saturated carbocycles. The van der Waals surface area contributed by atoms with Crippen molar-refractivity contribution in [3.8, 4) is 11.5 Å². The number of nitrogens with one attached hydrogen (secondary N) is 1. The zero-order valence-corrected chi connectivity index (χ0v) is 12.0. The minimum Gasteiger partial charge on any atom is -0.496 e. The lowest BCUT2D eigenvalue weighted by atomic mass is 10.1. The first-order valence-electron chi connectivity index (χ1n) is 6.44. The van der Waals surface area contributed by atoms with Crippen molar-refractivity contribution in [2.24, 2.45) is 0 Å². The number of methoxy groups -OCH3 is 2. The minimum absolute atomic E-state index is 0.223. The second kappa shape index (κ2) is 7.19. The van der Waals surface area contributed by atoms with Crippen molar-refractivity contribution in [3.05, 3.63) is 54.0 Å². The Morgan fingerprint density at radius 3 is 2.48 bits per heavy atom. The van der Waals surface area contributed by atoms with Crippen LogP contribution in [0, 0.1) is 0 Å². The van der Waals surface area contributed by atoms with Crippen LogP contribution in [0.15, 0.2) is 47.1 Å². The molecular weight excluding hydrogens is 270 g/mol. The van der Waals surface area contributed by atoms with Crippen LogP contribution in [0.3, 0.4) is 0 Å². The summed E-state index contributed by atoms with van der Waals surface area (Å²) in [5.74, 6) is 1.76. The molecule has 1 amide bonds. The number of carbonyl (C=O) groups is 1. The molecule has 2 aromatic rings. The van der Waals surface area contributed by atoms with Crippen LogP contribution in [0.4, 0.5) is 0 Å². The average Bonchev–Trinajstić information content (AvgIpc) is 3.03. The molecule has 0 aliphatic rings. The summed E-state index contributed by atoms with van der Waals surface area (Å²) >= 11 is 0. The minimum atomic E-state index is -0.223. The standard InChI is InChI=1S/C16H17NO4/c1-19-14-6-3-7-15(20-2)13(14)8-9-16(18)17-11-12-5-4-10-21-12/h3-10H,11H2,1-2H3,(H,17,18)/b9-8+. The average molecular weight is 287 g/mol. The molecule has 1 aromatic carbocycles. The molecule has 110 valence electrons. The third-order valence-electron chi connectivity index (χ3n) is 2.88.